The molecule has 5 heteroatoms. The van der Waals surface area contributed by atoms with E-state index < -0.39 is 0 Å². The molecule has 0 amide bonds. The van der Waals surface area contributed by atoms with E-state index in [0.29, 0.717) is 6.04 Å². The highest BCUT2D eigenvalue weighted by molar-refractivity contribution is 6.31. The Morgan fingerprint density at radius 1 is 1.29 bits per heavy atom. The summed E-state index contributed by atoms with van der Waals surface area (Å²) in [5.41, 5.74) is 2.10. The summed E-state index contributed by atoms with van der Waals surface area (Å²) < 4.78 is 1.88. The lowest BCUT2D eigenvalue weighted by molar-refractivity contribution is 0.348. The smallest absolute Gasteiger partial charge is 0.0877 e. The number of nitrogens with one attached hydrogen (secondary N) is 1. The second kappa shape index (κ2) is 6.50. The van der Waals surface area contributed by atoms with Crippen molar-refractivity contribution < 1.29 is 0 Å². The molecule has 1 atom stereocenters. The van der Waals surface area contributed by atoms with Gasteiger partial charge in [0, 0.05) is 23.5 Å². The molecule has 1 aliphatic rings. The largest absolute Gasteiger partial charge is 0.380 e. The van der Waals surface area contributed by atoms with E-state index in [1.807, 2.05) is 35.1 Å². The quantitative estimate of drug-likeness (QED) is 0.943. The number of anilines is 1. The Hall–Kier alpha value is -1.52. The Morgan fingerprint density at radius 3 is 3.00 bits per heavy atom. The van der Waals surface area contributed by atoms with Crippen molar-refractivity contribution in [2.45, 2.75) is 25.3 Å². The first-order valence-corrected chi connectivity index (χ1v) is 7.85. The first kappa shape index (κ1) is 14.4. The summed E-state index contributed by atoms with van der Waals surface area (Å²) in [5, 5.41) is 8.74. The summed E-state index contributed by atoms with van der Waals surface area (Å²) in [6, 6.07) is 8.33. The predicted molar refractivity (Wildman–Crippen MR) is 87.3 cm³/mol. The molecule has 1 unspecified atom stereocenters. The van der Waals surface area contributed by atoms with E-state index in [0.717, 1.165) is 29.4 Å². The number of aromatic nitrogens is 2. The number of hydrogen-bond acceptors (Lipinski definition) is 3. The standard InChI is InChI=1S/C16H21ClN4/c1-20-9-2-4-14(7-11-20)19-15-12-13(17)5-6-16(15)21-10-3-8-18-21/h3,5-6,8,10,12,14,19H,2,4,7,9,11H2,1H3. The molecule has 0 bridgehead atoms. The van der Waals surface area contributed by atoms with Crippen molar-refractivity contribution in [3.8, 4) is 5.69 Å². The Morgan fingerprint density at radius 2 is 2.19 bits per heavy atom. The van der Waals surface area contributed by atoms with Gasteiger partial charge in [-0.15, -0.1) is 0 Å². The lowest BCUT2D eigenvalue weighted by Crippen LogP contribution is -2.23. The number of benzene rings is 1. The van der Waals surface area contributed by atoms with Crippen LogP contribution in [0, 0.1) is 0 Å². The van der Waals surface area contributed by atoms with Crippen molar-refractivity contribution >= 4 is 17.3 Å². The number of likely N-dealkylation sites (tertiary alicyclic amines) is 1. The molecule has 112 valence electrons. The molecule has 3 rings (SSSR count). The molecule has 1 N–H and O–H groups in total. The highest BCUT2D eigenvalue weighted by atomic mass is 35.5. The predicted octanol–water partition coefficient (Wildman–Crippen LogP) is 3.42. The monoisotopic (exact) mass is 304 g/mol. The van der Waals surface area contributed by atoms with Gasteiger partial charge < -0.3 is 10.2 Å². The van der Waals surface area contributed by atoms with Gasteiger partial charge in [0.15, 0.2) is 0 Å². The molecule has 1 fully saturated rings. The van der Waals surface area contributed by atoms with E-state index in [1.54, 1.807) is 6.20 Å². The average molecular weight is 305 g/mol. The van der Waals surface area contributed by atoms with Crippen LogP contribution in [0.2, 0.25) is 5.02 Å². The van der Waals surface area contributed by atoms with Crippen LogP contribution < -0.4 is 5.32 Å². The van der Waals surface area contributed by atoms with Crippen LogP contribution in [0.25, 0.3) is 5.69 Å². The molecule has 21 heavy (non-hydrogen) atoms. The SMILES string of the molecule is CN1CCCC(Nc2cc(Cl)ccc2-n2cccn2)CC1. The first-order chi connectivity index (χ1) is 10.2. The molecular formula is C16H21ClN4. The normalized spacial score (nSPS) is 20.2. The van der Waals surface area contributed by atoms with Crippen LogP contribution >= 0.6 is 11.6 Å². The Kier molecular flexibility index (Phi) is 4.46. The molecular weight excluding hydrogens is 284 g/mol. The van der Waals surface area contributed by atoms with Crippen LogP contribution in [-0.2, 0) is 0 Å². The maximum absolute atomic E-state index is 6.17. The van der Waals surface area contributed by atoms with Gasteiger partial charge in [0.2, 0.25) is 0 Å². The van der Waals surface area contributed by atoms with Crippen molar-refractivity contribution in [1.29, 1.82) is 0 Å². The second-order valence-electron chi connectivity index (χ2n) is 5.69. The van der Waals surface area contributed by atoms with E-state index in [4.69, 9.17) is 11.6 Å². The van der Waals surface area contributed by atoms with E-state index >= 15 is 0 Å². The Balaban J connectivity index is 1.82. The fourth-order valence-corrected chi connectivity index (χ4v) is 3.01. The summed E-state index contributed by atoms with van der Waals surface area (Å²) in [6.45, 7) is 2.31. The average Bonchev–Trinajstić information content (AvgIpc) is 2.91. The van der Waals surface area contributed by atoms with Gasteiger partial charge in [-0.05, 0) is 63.7 Å². The highest BCUT2D eigenvalue weighted by Crippen LogP contribution is 2.26. The van der Waals surface area contributed by atoms with Crippen LogP contribution in [0.4, 0.5) is 5.69 Å². The minimum absolute atomic E-state index is 0.489. The third kappa shape index (κ3) is 3.57. The van der Waals surface area contributed by atoms with Gasteiger partial charge in [-0.1, -0.05) is 11.6 Å². The molecule has 1 saturated heterocycles. The summed E-state index contributed by atoms with van der Waals surface area (Å²) in [6.07, 6.45) is 7.32. The van der Waals surface area contributed by atoms with Crippen molar-refractivity contribution in [2.24, 2.45) is 0 Å². The fourth-order valence-electron chi connectivity index (χ4n) is 2.84. The van der Waals surface area contributed by atoms with Crippen molar-refractivity contribution in [1.82, 2.24) is 14.7 Å². The molecule has 0 aliphatic carbocycles. The highest BCUT2D eigenvalue weighted by Gasteiger charge is 2.16. The molecule has 0 saturated carbocycles. The molecule has 4 nitrogen and oxygen atoms in total. The Bertz CT molecular complexity index is 582. The van der Waals surface area contributed by atoms with Gasteiger partial charge in [0.1, 0.15) is 0 Å². The van der Waals surface area contributed by atoms with Crippen LogP contribution in [0.1, 0.15) is 19.3 Å². The third-order valence-electron chi connectivity index (χ3n) is 4.02. The minimum atomic E-state index is 0.489. The van der Waals surface area contributed by atoms with Crippen LogP contribution in [-0.4, -0.2) is 40.9 Å². The molecule has 2 aromatic rings. The van der Waals surface area contributed by atoms with Gasteiger partial charge in [-0.2, -0.15) is 5.10 Å². The lowest BCUT2D eigenvalue weighted by atomic mass is 10.1. The summed E-state index contributed by atoms with van der Waals surface area (Å²) >= 11 is 6.17. The van der Waals surface area contributed by atoms with E-state index in [1.165, 1.54) is 19.4 Å². The van der Waals surface area contributed by atoms with Gasteiger partial charge >= 0.3 is 0 Å². The number of hydrogen-bond donors (Lipinski definition) is 1. The van der Waals surface area contributed by atoms with Crippen molar-refractivity contribution in [2.75, 3.05) is 25.5 Å². The maximum atomic E-state index is 6.17. The van der Waals surface area contributed by atoms with Crippen LogP contribution in [0.15, 0.2) is 36.7 Å². The van der Waals surface area contributed by atoms with Gasteiger partial charge in [0.05, 0.1) is 11.4 Å². The molecule has 0 spiro atoms. The third-order valence-corrected chi connectivity index (χ3v) is 4.26. The summed E-state index contributed by atoms with van der Waals surface area (Å²) in [5.74, 6) is 0. The van der Waals surface area contributed by atoms with E-state index in [2.05, 4.69) is 22.4 Å². The topological polar surface area (TPSA) is 33.1 Å². The molecule has 0 radical (unpaired) electrons. The second-order valence-corrected chi connectivity index (χ2v) is 6.12. The van der Waals surface area contributed by atoms with Gasteiger partial charge in [-0.3, -0.25) is 0 Å². The summed E-state index contributed by atoms with van der Waals surface area (Å²) in [7, 11) is 2.19. The van der Waals surface area contributed by atoms with Crippen LogP contribution in [0.5, 0.6) is 0 Å². The minimum Gasteiger partial charge on any atom is -0.380 e. The van der Waals surface area contributed by atoms with E-state index in [9.17, 15) is 0 Å². The number of nitrogens with zero attached hydrogens (tertiary/aromatic N) is 3. The molecule has 1 aliphatic heterocycles. The number of rotatable bonds is 3. The van der Waals surface area contributed by atoms with Gasteiger partial charge in [0.25, 0.3) is 0 Å². The van der Waals surface area contributed by atoms with Gasteiger partial charge in [-0.25, -0.2) is 4.68 Å². The molecule has 2 heterocycles. The Labute approximate surface area is 130 Å². The molecule has 1 aromatic carbocycles. The zero-order chi connectivity index (χ0) is 14.7. The zero-order valence-electron chi connectivity index (χ0n) is 12.3. The van der Waals surface area contributed by atoms with Crippen molar-refractivity contribution in [3.63, 3.8) is 0 Å². The summed E-state index contributed by atoms with van der Waals surface area (Å²) in [4.78, 5) is 2.40. The maximum Gasteiger partial charge on any atom is 0.0877 e. The fraction of sp³-hybridized carbons (Fsp3) is 0.438. The van der Waals surface area contributed by atoms with E-state index in [-0.39, 0.29) is 0 Å². The molecule has 1 aromatic heterocycles. The van der Waals surface area contributed by atoms with Crippen LogP contribution in [0.3, 0.4) is 0 Å². The number of halogens is 1. The lowest BCUT2D eigenvalue weighted by Gasteiger charge is -2.20. The van der Waals surface area contributed by atoms with Crippen molar-refractivity contribution in [3.05, 3.63) is 41.7 Å². The zero-order valence-corrected chi connectivity index (χ0v) is 13.1. The first-order valence-electron chi connectivity index (χ1n) is 7.47.